The quantitative estimate of drug-likeness (QED) is 0.382. The fraction of sp³-hybridized carbons (Fsp3) is 0.348. The van der Waals surface area contributed by atoms with Gasteiger partial charge in [0.25, 0.3) is 10.0 Å². The molecule has 1 fully saturated rings. The lowest BCUT2D eigenvalue weighted by atomic mass is 10.0. The molecule has 0 aliphatic carbocycles. The number of ether oxygens (including phenoxy) is 1. The van der Waals surface area contributed by atoms with Crippen LogP contribution in [0.2, 0.25) is 5.02 Å². The van der Waals surface area contributed by atoms with Gasteiger partial charge in [-0.25, -0.2) is 18.2 Å². The van der Waals surface area contributed by atoms with Gasteiger partial charge in [-0.3, -0.25) is 9.62 Å². The number of likely N-dealkylation sites (tertiary alicyclic amines) is 1. The molecule has 0 amide bonds. The highest BCUT2D eigenvalue weighted by atomic mass is 35.5. The molecule has 2 aromatic carbocycles. The van der Waals surface area contributed by atoms with Crippen molar-refractivity contribution < 1.29 is 36.2 Å². The number of anilines is 1. The number of piperidine rings is 1. The Balaban J connectivity index is 0.000000505. The number of carboxylic acids is 1. The Morgan fingerprint density at radius 1 is 1.21 bits per heavy atom. The summed E-state index contributed by atoms with van der Waals surface area (Å²) < 4.78 is 69.0. The number of alkyl halides is 3. The topological polar surface area (TPSA) is 122 Å². The summed E-state index contributed by atoms with van der Waals surface area (Å²) in [5.41, 5.74) is 1.31. The summed E-state index contributed by atoms with van der Waals surface area (Å²) in [4.78, 5) is 15.2. The Bertz CT molecular complexity index is 1300. The van der Waals surface area contributed by atoms with E-state index in [1.54, 1.807) is 6.07 Å². The molecule has 38 heavy (non-hydrogen) atoms. The van der Waals surface area contributed by atoms with Crippen molar-refractivity contribution in [2.75, 3.05) is 17.8 Å². The highest BCUT2D eigenvalue weighted by Crippen LogP contribution is 2.32. The van der Waals surface area contributed by atoms with Gasteiger partial charge in [-0.05, 0) is 43.5 Å². The van der Waals surface area contributed by atoms with Crippen molar-refractivity contribution >= 4 is 44.3 Å². The monoisotopic (exact) mass is 592 g/mol. The molecule has 1 saturated heterocycles. The van der Waals surface area contributed by atoms with Gasteiger partial charge in [-0.15, -0.1) is 0 Å². The third-order valence-electron chi connectivity index (χ3n) is 5.64. The number of carboxylic acid groups (broad SMARTS) is 1. The van der Waals surface area contributed by atoms with E-state index >= 15 is 0 Å². The summed E-state index contributed by atoms with van der Waals surface area (Å²) in [6.07, 6.45) is -1.99. The fourth-order valence-electron chi connectivity index (χ4n) is 3.64. The molecule has 0 saturated carbocycles. The molecule has 2 N–H and O–H groups in total. The molecule has 0 radical (unpaired) electrons. The number of aromatic nitrogens is 2. The molecule has 1 atom stereocenters. The molecule has 1 aliphatic heterocycles. The third kappa shape index (κ3) is 8.28. The van der Waals surface area contributed by atoms with Crippen LogP contribution in [0.25, 0.3) is 0 Å². The molecule has 0 spiro atoms. The first-order valence-electron chi connectivity index (χ1n) is 11.2. The van der Waals surface area contributed by atoms with Crippen molar-refractivity contribution in [3.05, 3.63) is 65.4 Å². The van der Waals surface area contributed by atoms with Crippen LogP contribution in [0.1, 0.15) is 31.4 Å². The highest BCUT2D eigenvalue weighted by Gasteiger charge is 2.38. The van der Waals surface area contributed by atoms with E-state index in [4.69, 9.17) is 26.2 Å². The van der Waals surface area contributed by atoms with Crippen LogP contribution in [0, 0.1) is 0 Å². The number of hydrogen-bond acceptors (Lipinski definition) is 8. The minimum atomic E-state index is -5.08. The normalized spacial score (nSPS) is 15.7. The Morgan fingerprint density at radius 3 is 2.37 bits per heavy atom. The number of rotatable bonds is 7. The minimum absolute atomic E-state index is 0.0405. The summed E-state index contributed by atoms with van der Waals surface area (Å²) in [5.74, 6) is -2.27. The van der Waals surface area contributed by atoms with Gasteiger partial charge >= 0.3 is 12.1 Å². The van der Waals surface area contributed by atoms with Gasteiger partial charge in [0.15, 0.2) is 0 Å². The summed E-state index contributed by atoms with van der Waals surface area (Å²) in [6.45, 7) is 4.08. The van der Waals surface area contributed by atoms with Gasteiger partial charge in [-0.2, -0.15) is 17.5 Å². The largest absolute Gasteiger partial charge is 0.490 e. The predicted molar refractivity (Wildman–Crippen MR) is 136 cm³/mol. The number of aliphatic carboxylic acids is 1. The molecule has 9 nitrogen and oxygen atoms in total. The number of hydrogen-bond donors (Lipinski definition) is 2. The zero-order valence-electron chi connectivity index (χ0n) is 19.9. The lowest BCUT2D eigenvalue weighted by Gasteiger charge is -2.36. The number of nitrogens with zero attached hydrogens (tertiary/aromatic N) is 3. The Labute approximate surface area is 226 Å². The smallest absolute Gasteiger partial charge is 0.489 e. The standard InChI is InChI=1S/C21H23ClN4O3S2.C2HF3O2/c1-15(16-5-3-2-4-6-16)26-11-9-17(10-12-26)29-20-8-7-18(13-19(20)22)31(27,28)25-21-23-14-24-30-21;3-2(4,5)1(6)7/h2-8,13-15,17H,9-12H2,1H3,(H,23,24,25);(H,6,7). The average Bonchev–Trinajstić information content (AvgIpc) is 3.38. The highest BCUT2D eigenvalue weighted by molar-refractivity contribution is 7.93. The van der Waals surface area contributed by atoms with E-state index in [2.05, 4.69) is 50.2 Å². The SMILES string of the molecule is CC(c1ccccc1)N1CCC(Oc2ccc(S(=O)(=O)Nc3ncns3)cc2Cl)CC1.O=C(O)C(F)(F)F. The predicted octanol–water partition coefficient (Wildman–Crippen LogP) is 5.23. The van der Waals surface area contributed by atoms with E-state index in [1.807, 2.05) is 6.07 Å². The van der Waals surface area contributed by atoms with E-state index in [0.717, 1.165) is 37.5 Å². The maximum absolute atomic E-state index is 12.5. The van der Waals surface area contributed by atoms with Crippen LogP contribution < -0.4 is 9.46 Å². The van der Waals surface area contributed by atoms with Crippen molar-refractivity contribution in [2.45, 2.75) is 43.0 Å². The Hall–Kier alpha value is -2.94. The van der Waals surface area contributed by atoms with Crippen molar-refractivity contribution in [3.63, 3.8) is 0 Å². The zero-order valence-corrected chi connectivity index (χ0v) is 22.3. The van der Waals surface area contributed by atoms with Crippen LogP contribution in [0.4, 0.5) is 18.3 Å². The molecule has 0 bridgehead atoms. The maximum Gasteiger partial charge on any atom is 0.490 e. The third-order valence-corrected chi connectivity index (χ3v) is 7.98. The van der Waals surface area contributed by atoms with Crippen LogP contribution in [0.15, 0.2) is 59.8 Å². The summed E-state index contributed by atoms with van der Waals surface area (Å²) in [7, 11) is -3.79. The minimum Gasteiger partial charge on any atom is -0.489 e. The van der Waals surface area contributed by atoms with Gasteiger partial charge in [0.05, 0.1) is 9.92 Å². The van der Waals surface area contributed by atoms with E-state index in [-0.39, 0.29) is 21.2 Å². The second-order valence-corrected chi connectivity index (χ2v) is 11.1. The van der Waals surface area contributed by atoms with E-state index in [0.29, 0.717) is 11.8 Å². The van der Waals surface area contributed by atoms with Gasteiger partial charge in [0.1, 0.15) is 18.2 Å². The molecule has 1 aromatic heterocycles. The first-order chi connectivity index (χ1) is 17.9. The number of sulfonamides is 1. The first kappa shape index (κ1) is 29.6. The molecular weight excluding hydrogens is 569 g/mol. The van der Waals surface area contributed by atoms with Crippen molar-refractivity contribution in [1.82, 2.24) is 14.3 Å². The van der Waals surface area contributed by atoms with Crippen molar-refractivity contribution in [1.29, 1.82) is 0 Å². The molecule has 3 aromatic rings. The molecule has 4 rings (SSSR count). The molecule has 2 heterocycles. The van der Waals surface area contributed by atoms with Gasteiger partial charge in [0, 0.05) is 30.7 Å². The first-order valence-corrected chi connectivity index (χ1v) is 13.8. The van der Waals surface area contributed by atoms with Gasteiger partial charge < -0.3 is 9.84 Å². The summed E-state index contributed by atoms with van der Waals surface area (Å²) >= 11 is 7.31. The Morgan fingerprint density at radius 2 is 1.84 bits per heavy atom. The van der Waals surface area contributed by atoms with E-state index in [1.165, 1.54) is 24.0 Å². The van der Waals surface area contributed by atoms with Crippen LogP contribution in [-0.2, 0) is 14.8 Å². The molecule has 15 heteroatoms. The van der Waals surface area contributed by atoms with E-state index in [9.17, 15) is 21.6 Å². The fourth-order valence-corrected chi connectivity index (χ4v) is 5.62. The number of halogens is 4. The second-order valence-electron chi connectivity index (χ2n) is 8.19. The van der Waals surface area contributed by atoms with Crippen LogP contribution >= 0.6 is 23.1 Å². The Kier molecular flexibility index (Phi) is 9.93. The summed E-state index contributed by atoms with van der Waals surface area (Å²) in [6, 6.07) is 15.3. The number of benzene rings is 2. The van der Waals surface area contributed by atoms with Gasteiger partial charge in [0.2, 0.25) is 5.13 Å². The zero-order chi connectivity index (χ0) is 27.9. The van der Waals surface area contributed by atoms with Crippen molar-refractivity contribution in [3.8, 4) is 5.75 Å². The van der Waals surface area contributed by atoms with Crippen LogP contribution in [0.3, 0.4) is 0 Å². The number of carbonyl (C=O) groups is 1. The maximum atomic E-state index is 12.5. The second kappa shape index (κ2) is 12.7. The lowest BCUT2D eigenvalue weighted by molar-refractivity contribution is -0.192. The molecule has 1 aliphatic rings. The molecular formula is C23H24ClF3N4O5S2. The van der Waals surface area contributed by atoms with Gasteiger partial charge in [-0.1, -0.05) is 41.9 Å². The van der Waals surface area contributed by atoms with Crippen LogP contribution in [0.5, 0.6) is 5.75 Å². The van der Waals surface area contributed by atoms with E-state index < -0.39 is 22.2 Å². The number of nitrogens with one attached hydrogen (secondary N) is 1. The van der Waals surface area contributed by atoms with Crippen molar-refractivity contribution in [2.24, 2.45) is 0 Å². The van der Waals surface area contributed by atoms with Crippen LogP contribution in [-0.4, -0.2) is 59.1 Å². The lowest BCUT2D eigenvalue weighted by Crippen LogP contribution is -2.39. The summed E-state index contributed by atoms with van der Waals surface area (Å²) in [5, 5.41) is 7.59. The molecule has 1 unspecified atom stereocenters. The molecule has 206 valence electrons. The average molecular weight is 593 g/mol.